The number of hydrogen-bond acceptors (Lipinski definition) is 3. The number of carbonyl (C=O) groups is 2. The van der Waals surface area contributed by atoms with E-state index in [0.29, 0.717) is 23.4 Å². The van der Waals surface area contributed by atoms with E-state index in [4.69, 9.17) is 0 Å². The van der Waals surface area contributed by atoms with Crippen molar-refractivity contribution < 1.29 is 9.59 Å². The second-order valence-electron chi connectivity index (χ2n) is 5.76. The molecule has 1 aliphatic rings. The van der Waals surface area contributed by atoms with Crippen LogP contribution >= 0.6 is 0 Å². The van der Waals surface area contributed by atoms with E-state index in [1.165, 1.54) is 6.20 Å². The molecule has 2 amide bonds. The summed E-state index contributed by atoms with van der Waals surface area (Å²) < 4.78 is 0. The highest BCUT2D eigenvalue weighted by atomic mass is 16.2. The first-order chi connectivity index (χ1) is 12.2. The molecule has 25 heavy (non-hydrogen) atoms. The second kappa shape index (κ2) is 6.20. The minimum Gasteiger partial charge on any atom is -0.348 e. The van der Waals surface area contributed by atoms with Gasteiger partial charge in [-0.15, -0.1) is 0 Å². The minimum atomic E-state index is -0.289. The molecular weight excluding hydrogens is 314 g/mol. The molecule has 0 aliphatic carbocycles. The standard InChI is InChI=1S/C20H15N3O2/c24-19(14-7-4-10-21-11-14)23-17-9-8-15(13-5-2-1-3-6-13)16-12-22-20(25)18(16)17/h1-11H,12H2,(H,22,25)(H,23,24). The highest BCUT2D eigenvalue weighted by Crippen LogP contribution is 2.34. The maximum absolute atomic E-state index is 12.4. The van der Waals surface area contributed by atoms with Crippen molar-refractivity contribution in [3.8, 4) is 11.1 Å². The first-order valence-corrected chi connectivity index (χ1v) is 7.95. The summed E-state index contributed by atoms with van der Waals surface area (Å²) in [6, 6.07) is 17.0. The van der Waals surface area contributed by atoms with Gasteiger partial charge in [0.1, 0.15) is 0 Å². The predicted octanol–water partition coefficient (Wildman–Crippen LogP) is 3.24. The zero-order valence-electron chi connectivity index (χ0n) is 13.3. The summed E-state index contributed by atoms with van der Waals surface area (Å²) in [6.45, 7) is 0.453. The van der Waals surface area contributed by atoms with E-state index >= 15 is 0 Å². The summed E-state index contributed by atoms with van der Waals surface area (Å²) in [5, 5.41) is 5.67. The largest absolute Gasteiger partial charge is 0.348 e. The summed E-state index contributed by atoms with van der Waals surface area (Å²) in [7, 11) is 0. The quantitative estimate of drug-likeness (QED) is 0.775. The molecule has 1 aliphatic heterocycles. The highest BCUT2D eigenvalue weighted by Gasteiger charge is 2.26. The predicted molar refractivity (Wildman–Crippen MR) is 95.2 cm³/mol. The lowest BCUT2D eigenvalue weighted by Gasteiger charge is -2.12. The van der Waals surface area contributed by atoms with E-state index in [0.717, 1.165) is 16.7 Å². The van der Waals surface area contributed by atoms with Gasteiger partial charge in [0, 0.05) is 18.9 Å². The smallest absolute Gasteiger partial charge is 0.257 e. The number of anilines is 1. The lowest BCUT2D eigenvalue weighted by Crippen LogP contribution is -2.17. The third-order valence-electron chi connectivity index (χ3n) is 4.22. The summed E-state index contributed by atoms with van der Waals surface area (Å²) in [5.41, 5.74) is 4.42. The lowest BCUT2D eigenvalue weighted by atomic mass is 9.95. The minimum absolute atomic E-state index is 0.172. The van der Waals surface area contributed by atoms with Gasteiger partial charge in [-0.3, -0.25) is 14.6 Å². The lowest BCUT2D eigenvalue weighted by molar-refractivity contribution is 0.0966. The molecule has 1 aromatic heterocycles. The average Bonchev–Trinajstić information content (AvgIpc) is 3.06. The van der Waals surface area contributed by atoms with E-state index in [-0.39, 0.29) is 11.8 Å². The Bertz CT molecular complexity index is 953. The number of amides is 2. The van der Waals surface area contributed by atoms with Crippen LogP contribution in [0.15, 0.2) is 67.0 Å². The molecule has 0 atom stereocenters. The van der Waals surface area contributed by atoms with Gasteiger partial charge in [-0.25, -0.2) is 0 Å². The fraction of sp³-hybridized carbons (Fsp3) is 0.0500. The van der Waals surface area contributed by atoms with Crippen LogP contribution in [0, 0.1) is 0 Å². The number of nitrogens with zero attached hydrogens (tertiary/aromatic N) is 1. The van der Waals surface area contributed by atoms with Crippen LogP contribution in [0.3, 0.4) is 0 Å². The monoisotopic (exact) mass is 329 g/mol. The summed E-state index contributed by atoms with van der Waals surface area (Å²) in [6.07, 6.45) is 3.10. The van der Waals surface area contributed by atoms with Crippen LogP contribution in [0.5, 0.6) is 0 Å². The highest BCUT2D eigenvalue weighted by molar-refractivity contribution is 6.11. The van der Waals surface area contributed by atoms with E-state index in [9.17, 15) is 9.59 Å². The molecule has 0 saturated carbocycles. The Morgan fingerprint density at radius 1 is 1.04 bits per heavy atom. The average molecular weight is 329 g/mol. The van der Waals surface area contributed by atoms with E-state index in [2.05, 4.69) is 15.6 Å². The number of fused-ring (bicyclic) bond motifs is 1. The molecule has 0 spiro atoms. The number of pyridine rings is 1. The fourth-order valence-electron chi connectivity index (χ4n) is 3.03. The Morgan fingerprint density at radius 2 is 1.88 bits per heavy atom. The molecule has 0 radical (unpaired) electrons. The van der Waals surface area contributed by atoms with Crippen molar-refractivity contribution in [3.05, 3.63) is 83.7 Å². The summed E-state index contributed by atoms with van der Waals surface area (Å²) in [5.74, 6) is -0.461. The Labute approximate surface area is 144 Å². The van der Waals surface area contributed by atoms with E-state index in [1.807, 2.05) is 36.4 Å². The topological polar surface area (TPSA) is 71.1 Å². The molecule has 3 aromatic rings. The number of benzene rings is 2. The number of hydrogen-bond donors (Lipinski definition) is 2. The summed E-state index contributed by atoms with van der Waals surface area (Å²) in [4.78, 5) is 28.7. The molecule has 2 N–H and O–H groups in total. The molecule has 0 fully saturated rings. The number of rotatable bonds is 3. The van der Waals surface area contributed by atoms with Crippen molar-refractivity contribution >= 4 is 17.5 Å². The van der Waals surface area contributed by atoms with Crippen LogP contribution in [0.1, 0.15) is 26.3 Å². The fourth-order valence-corrected chi connectivity index (χ4v) is 3.03. The summed E-state index contributed by atoms with van der Waals surface area (Å²) >= 11 is 0. The molecule has 0 saturated heterocycles. The van der Waals surface area contributed by atoms with Gasteiger partial charge >= 0.3 is 0 Å². The Hall–Kier alpha value is -3.47. The van der Waals surface area contributed by atoms with Gasteiger partial charge in [-0.05, 0) is 34.9 Å². The van der Waals surface area contributed by atoms with Gasteiger partial charge in [0.15, 0.2) is 0 Å². The van der Waals surface area contributed by atoms with Gasteiger partial charge in [-0.2, -0.15) is 0 Å². The molecule has 0 bridgehead atoms. The normalized spacial score (nSPS) is 12.4. The van der Waals surface area contributed by atoms with Crippen molar-refractivity contribution in [2.45, 2.75) is 6.54 Å². The van der Waals surface area contributed by atoms with Crippen molar-refractivity contribution in [3.63, 3.8) is 0 Å². The zero-order chi connectivity index (χ0) is 17.2. The number of carbonyl (C=O) groups excluding carboxylic acids is 2. The maximum atomic E-state index is 12.4. The third-order valence-corrected chi connectivity index (χ3v) is 4.22. The second-order valence-corrected chi connectivity index (χ2v) is 5.76. The van der Waals surface area contributed by atoms with Crippen molar-refractivity contribution in [1.82, 2.24) is 10.3 Å². The van der Waals surface area contributed by atoms with Gasteiger partial charge in [0.25, 0.3) is 11.8 Å². The first-order valence-electron chi connectivity index (χ1n) is 7.95. The van der Waals surface area contributed by atoms with Gasteiger partial charge in [0.2, 0.25) is 0 Å². The number of nitrogens with one attached hydrogen (secondary N) is 2. The molecule has 4 rings (SSSR count). The van der Waals surface area contributed by atoms with Crippen molar-refractivity contribution in [2.24, 2.45) is 0 Å². The van der Waals surface area contributed by atoms with Crippen LogP contribution in [-0.4, -0.2) is 16.8 Å². The SMILES string of the molecule is O=C(Nc1ccc(-c2ccccc2)c2c1C(=O)NC2)c1cccnc1. The van der Waals surface area contributed by atoms with Crippen molar-refractivity contribution in [2.75, 3.05) is 5.32 Å². The Kier molecular flexibility index (Phi) is 3.74. The van der Waals surface area contributed by atoms with Gasteiger partial charge in [0.05, 0.1) is 16.8 Å². The van der Waals surface area contributed by atoms with Gasteiger partial charge in [-0.1, -0.05) is 36.4 Å². The third kappa shape index (κ3) is 2.76. The molecular formula is C20H15N3O2. The van der Waals surface area contributed by atoms with Crippen LogP contribution in [0.25, 0.3) is 11.1 Å². The Balaban J connectivity index is 1.74. The molecule has 0 unspecified atom stereocenters. The number of aromatic nitrogens is 1. The molecule has 2 aromatic carbocycles. The zero-order valence-corrected chi connectivity index (χ0v) is 13.3. The maximum Gasteiger partial charge on any atom is 0.257 e. The van der Waals surface area contributed by atoms with Crippen LogP contribution in [0.2, 0.25) is 0 Å². The van der Waals surface area contributed by atoms with Gasteiger partial charge < -0.3 is 10.6 Å². The molecule has 2 heterocycles. The van der Waals surface area contributed by atoms with Crippen LogP contribution < -0.4 is 10.6 Å². The molecule has 5 nitrogen and oxygen atoms in total. The molecule has 122 valence electrons. The van der Waals surface area contributed by atoms with Crippen LogP contribution in [0.4, 0.5) is 5.69 Å². The van der Waals surface area contributed by atoms with Crippen LogP contribution in [-0.2, 0) is 6.54 Å². The van der Waals surface area contributed by atoms with E-state index < -0.39 is 0 Å². The van der Waals surface area contributed by atoms with Crippen molar-refractivity contribution in [1.29, 1.82) is 0 Å². The first kappa shape index (κ1) is 15.1. The Morgan fingerprint density at radius 3 is 2.64 bits per heavy atom. The van der Waals surface area contributed by atoms with E-state index in [1.54, 1.807) is 24.4 Å². The molecule has 5 heteroatoms.